The Bertz CT molecular complexity index is 1160. The van der Waals surface area contributed by atoms with Gasteiger partial charge < -0.3 is 10.2 Å². The third-order valence-corrected chi connectivity index (χ3v) is 7.23. The molecule has 35 heavy (non-hydrogen) atoms. The molecule has 1 N–H and O–H groups in total. The van der Waals surface area contributed by atoms with Gasteiger partial charge in [-0.3, -0.25) is 9.59 Å². The van der Waals surface area contributed by atoms with Gasteiger partial charge in [-0.2, -0.15) is 0 Å². The molecule has 0 bridgehead atoms. The molecule has 2 aromatic carbocycles. The summed E-state index contributed by atoms with van der Waals surface area (Å²) in [5, 5.41) is 3.13. The number of benzene rings is 2. The third-order valence-electron chi connectivity index (χ3n) is 7.23. The second kappa shape index (κ2) is 10.2. The van der Waals surface area contributed by atoms with Crippen molar-refractivity contribution in [3.05, 3.63) is 89.3 Å². The van der Waals surface area contributed by atoms with Crippen LogP contribution >= 0.6 is 0 Å². The first-order chi connectivity index (χ1) is 16.7. The molecular formula is C30H35FN2O2. The number of carbonyl (C=O) groups excluding carboxylic acids is 2. The molecule has 0 radical (unpaired) electrons. The molecule has 5 heteroatoms. The van der Waals surface area contributed by atoms with E-state index in [9.17, 15) is 14.0 Å². The number of rotatable bonds is 4. The molecule has 0 saturated carbocycles. The molecule has 0 spiro atoms. The van der Waals surface area contributed by atoms with Gasteiger partial charge >= 0.3 is 0 Å². The van der Waals surface area contributed by atoms with Gasteiger partial charge in [0, 0.05) is 23.7 Å². The van der Waals surface area contributed by atoms with Crippen LogP contribution in [0.15, 0.2) is 66.8 Å². The second-order valence-electron chi connectivity index (χ2n) is 10.7. The molecule has 2 aliphatic rings. The highest BCUT2D eigenvalue weighted by Gasteiger charge is 2.42. The van der Waals surface area contributed by atoms with Crippen molar-refractivity contribution in [3.63, 3.8) is 0 Å². The van der Waals surface area contributed by atoms with Gasteiger partial charge in [-0.1, -0.05) is 63.3 Å². The molecule has 1 aliphatic heterocycles. The minimum atomic E-state index is -0.391. The topological polar surface area (TPSA) is 49.4 Å². The highest BCUT2D eigenvalue weighted by molar-refractivity contribution is 5.98. The lowest BCUT2D eigenvalue weighted by Crippen LogP contribution is -2.55. The van der Waals surface area contributed by atoms with Crippen LogP contribution in [0.1, 0.15) is 61.5 Å². The van der Waals surface area contributed by atoms with Crippen molar-refractivity contribution < 1.29 is 14.0 Å². The number of hydrogen-bond acceptors (Lipinski definition) is 2. The van der Waals surface area contributed by atoms with Crippen molar-refractivity contribution in [1.29, 1.82) is 0 Å². The predicted molar refractivity (Wildman–Crippen MR) is 139 cm³/mol. The number of halogens is 1. The summed E-state index contributed by atoms with van der Waals surface area (Å²) in [4.78, 5) is 29.2. The monoisotopic (exact) mass is 474 g/mol. The molecule has 2 amide bonds. The summed E-state index contributed by atoms with van der Waals surface area (Å²) in [6.45, 7) is 8.62. The Morgan fingerprint density at radius 2 is 1.86 bits per heavy atom. The summed E-state index contributed by atoms with van der Waals surface area (Å²) in [6.07, 6.45) is 10.3. The SMILES string of the molecule is Cc1c(F)cccc1C(=O)N1CCC[C@H](C(=O)Nc2cccc(C(C)(C)C)c2)[C@@H]1C1C=CC=CC1. The number of allylic oxidation sites excluding steroid dienone is 3. The zero-order chi connectivity index (χ0) is 25.2. The zero-order valence-corrected chi connectivity index (χ0v) is 21.1. The van der Waals surface area contributed by atoms with Crippen LogP contribution in [0.2, 0.25) is 0 Å². The number of nitrogens with one attached hydrogen (secondary N) is 1. The van der Waals surface area contributed by atoms with E-state index in [1.54, 1.807) is 19.1 Å². The molecule has 4 rings (SSSR count). The molecule has 1 aliphatic carbocycles. The molecule has 3 atom stereocenters. The van der Waals surface area contributed by atoms with Crippen molar-refractivity contribution in [1.82, 2.24) is 4.90 Å². The van der Waals surface area contributed by atoms with Gasteiger partial charge in [0.2, 0.25) is 5.91 Å². The zero-order valence-electron chi connectivity index (χ0n) is 21.1. The fourth-order valence-electron chi connectivity index (χ4n) is 5.22. The van der Waals surface area contributed by atoms with Crippen LogP contribution in [0.25, 0.3) is 0 Å². The fourth-order valence-corrected chi connectivity index (χ4v) is 5.22. The summed E-state index contributed by atoms with van der Waals surface area (Å²) in [5.74, 6) is -1.01. The highest BCUT2D eigenvalue weighted by atomic mass is 19.1. The first-order valence-electron chi connectivity index (χ1n) is 12.5. The van der Waals surface area contributed by atoms with Gasteiger partial charge in [-0.05, 0) is 67.0 Å². The minimum Gasteiger partial charge on any atom is -0.334 e. The minimum absolute atomic E-state index is 0.0229. The van der Waals surface area contributed by atoms with Crippen molar-refractivity contribution in [2.24, 2.45) is 11.8 Å². The van der Waals surface area contributed by atoms with E-state index in [4.69, 9.17) is 0 Å². The van der Waals surface area contributed by atoms with Crippen LogP contribution in [-0.4, -0.2) is 29.3 Å². The van der Waals surface area contributed by atoms with Crippen LogP contribution in [0.4, 0.5) is 10.1 Å². The molecule has 0 aromatic heterocycles. The third kappa shape index (κ3) is 5.39. The molecule has 1 saturated heterocycles. The Kier molecular flexibility index (Phi) is 7.25. The lowest BCUT2D eigenvalue weighted by atomic mass is 9.77. The van der Waals surface area contributed by atoms with E-state index >= 15 is 0 Å². The Labute approximate surface area is 207 Å². The van der Waals surface area contributed by atoms with Gasteiger partial charge in [0.25, 0.3) is 5.91 Å². The van der Waals surface area contributed by atoms with Crippen molar-refractivity contribution in [2.75, 3.05) is 11.9 Å². The number of likely N-dealkylation sites (tertiary alicyclic amines) is 1. The Hall–Kier alpha value is -3.21. The van der Waals surface area contributed by atoms with Gasteiger partial charge in [-0.25, -0.2) is 4.39 Å². The Balaban J connectivity index is 1.64. The molecule has 1 heterocycles. The lowest BCUT2D eigenvalue weighted by molar-refractivity contribution is -0.123. The van der Waals surface area contributed by atoms with Gasteiger partial charge in [0.05, 0.1) is 12.0 Å². The van der Waals surface area contributed by atoms with E-state index in [1.807, 2.05) is 35.3 Å². The maximum absolute atomic E-state index is 14.3. The number of hydrogen-bond donors (Lipinski definition) is 1. The number of carbonyl (C=O) groups is 2. The van der Waals surface area contributed by atoms with E-state index in [2.05, 4.69) is 44.3 Å². The lowest BCUT2D eigenvalue weighted by Gasteiger charge is -2.44. The first kappa shape index (κ1) is 24.9. The predicted octanol–water partition coefficient (Wildman–Crippen LogP) is 6.42. The summed E-state index contributed by atoms with van der Waals surface area (Å²) in [5.41, 5.74) is 2.60. The average molecular weight is 475 g/mol. The molecular weight excluding hydrogens is 439 g/mol. The number of amides is 2. The van der Waals surface area contributed by atoms with E-state index < -0.39 is 5.82 Å². The summed E-state index contributed by atoms with van der Waals surface area (Å²) < 4.78 is 14.3. The van der Waals surface area contributed by atoms with Gasteiger partial charge in [0.1, 0.15) is 5.82 Å². The number of piperidine rings is 1. The van der Waals surface area contributed by atoms with Crippen molar-refractivity contribution in [2.45, 2.75) is 58.4 Å². The summed E-state index contributed by atoms with van der Waals surface area (Å²) in [7, 11) is 0. The smallest absolute Gasteiger partial charge is 0.254 e. The number of anilines is 1. The maximum atomic E-state index is 14.3. The maximum Gasteiger partial charge on any atom is 0.254 e. The van der Waals surface area contributed by atoms with Crippen LogP contribution in [0, 0.1) is 24.6 Å². The van der Waals surface area contributed by atoms with Gasteiger partial charge in [-0.15, -0.1) is 0 Å². The van der Waals surface area contributed by atoms with Crippen LogP contribution in [-0.2, 0) is 10.2 Å². The average Bonchev–Trinajstić information content (AvgIpc) is 2.85. The Morgan fingerprint density at radius 1 is 1.09 bits per heavy atom. The molecule has 4 nitrogen and oxygen atoms in total. The van der Waals surface area contributed by atoms with Crippen LogP contribution in [0.3, 0.4) is 0 Å². The molecule has 1 fully saturated rings. The van der Waals surface area contributed by atoms with Gasteiger partial charge in [0.15, 0.2) is 0 Å². The van der Waals surface area contributed by atoms with Crippen LogP contribution < -0.4 is 5.32 Å². The van der Waals surface area contributed by atoms with Crippen LogP contribution in [0.5, 0.6) is 0 Å². The highest BCUT2D eigenvalue weighted by Crippen LogP contribution is 2.35. The summed E-state index contributed by atoms with van der Waals surface area (Å²) in [6, 6.07) is 12.3. The van der Waals surface area contributed by atoms with E-state index in [0.717, 1.165) is 24.1 Å². The molecule has 2 aromatic rings. The fraction of sp³-hybridized carbons (Fsp3) is 0.400. The van der Waals surface area contributed by atoms with Crippen molar-refractivity contribution in [3.8, 4) is 0 Å². The molecule has 1 unspecified atom stereocenters. The summed E-state index contributed by atoms with van der Waals surface area (Å²) >= 11 is 0. The number of nitrogens with zero attached hydrogens (tertiary/aromatic N) is 1. The largest absolute Gasteiger partial charge is 0.334 e. The Morgan fingerprint density at radius 3 is 2.57 bits per heavy atom. The second-order valence-corrected chi connectivity index (χ2v) is 10.7. The van der Waals surface area contributed by atoms with E-state index in [0.29, 0.717) is 24.1 Å². The van der Waals surface area contributed by atoms with E-state index in [-0.39, 0.29) is 35.1 Å². The first-order valence-corrected chi connectivity index (χ1v) is 12.5. The standard InChI is InChI=1S/C30H35FN2O2/c1-20-24(15-9-17-26(20)31)29(35)33-18-10-16-25(27(33)21-11-6-5-7-12-21)28(34)32-23-14-8-13-22(19-23)30(2,3)4/h5-9,11,13-15,17,19,21,25,27H,10,12,16,18H2,1-4H3,(H,32,34)/t21?,25-,27-/m0/s1. The molecule has 184 valence electrons. The quantitative estimate of drug-likeness (QED) is 0.556. The van der Waals surface area contributed by atoms with E-state index in [1.165, 1.54) is 6.07 Å². The normalized spacial score (nSPS) is 22.2. The van der Waals surface area contributed by atoms with Crippen molar-refractivity contribution >= 4 is 17.5 Å².